The monoisotopic (exact) mass is 230 g/mol. The fourth-order valence-corrected chi connectivity index (χ4v) is 2.77. The van der Waals surface area contributed by atoms with E-state index in [0.717, 1.165) is 12.8 Å². The van der Waals surface area contributed by atoms with Crippen LogP contribution in [0, 0.1) is 11.8 Å². The lowest BCUT2D eigenvalue weighted by Crippen LogP contribution is -2.48. The van der Waals surface area contributed by atoms with Gasteiger partial charge in [0.25, 0.3) is 0 Å². The smallest absolute Gasteiger partial charge is 0.309 e. The van der Waals surface area contributed by atoms with Gasteiger partial charge < -0.3 is 14.9 Å². The average molecular weight is 230 g/mol. The Balaban J connectivity index is 2.73. The Morgan fingerprint density at radius 3 is 2.19 bits per heavy atom. The number of aliphatic hydroxyl groups is 1. The standard InChI is InChI=1S/C12H22O4/c1-8(2)10(11(13)14)12(15)6-4-9(16-3)5-7-12/h8-10,15H,4-7H2,1-3H3,(H,13,14). The molecule has 0 spiro atoms. The normalized spacial score (nSPS) is 32.7. The summed E-state index contributed by atoms with van der Waals surface area (Å²) in [6.07, 6.45) is 2.68. The van der Waals surface area contributed by atoms with Gasteiger partial charge in [-0.3, -0.25) is 4.79 Å². The Labute approximate surface area is 96.6 Å². The number of rotatable bonds is 4. The van der Waals surface area contributed by atoms with Crippen LogP contribution in [0.25, 0.3) is 0 Å². The van der Waals surface area contributed by atoms with Crippen molar-refractivity contribution < 1.29 is 19.7 Å². The number of methoxy groups -OCH3 is 1. The molecule has 0 bridgehead atoms. The highest BCUT2D eigenvalue weighted by atomic mass is 16.5. The molecular weight excluding hydrogens is 208 g/mol. The number of hydrogen-bond donors (Lipinski definition) is 2. The zero-order chi connectivity index (χ0) is 12.3. The van der Waals surface area contributed by atoms with Crippen LogP contribution in [0.15, 0.2) is 0 Å². The Bertz CT molecular complexity index is 241. The molecule has 1 rings (SSSR count). The van der Waals surface area contributed by atoms with E-state index < -0.39 is 17.5 Å². The van der Waals surface area contributed by atoms with Crippen LogP contribution in [0.1, 0.15) is 39.5 Å². The van der Waals surface area contributed by atoms with E-state index in [-0.39, 0.29) is 12.0 Å². The SMILES string of the molecule is COC1CCC(O)(C(C(=O)O)C(C)C)CC1. The van der Waals surface area contributed by atoms with Crippen LogP contribution in [0.4, 0.5) is 0 Å². The first-order valence-electron chi connectivity index (χ1n) is 5.88. The molecule has 4 nitrogen and oxygen atoms in total. The lowest BCUT2D eigenvalue weighted by Gasteiger charge is -2.41. The van der Waals surface area contributed by atoms with Gasteiger partial charge in [0.05, 0.1) is 17.6 Å². The van der Waals surface area contributed by atoms with Crippen LogP contribution >= 0.6 is 0 Å². The summed E-state index contributed by atoms with van der Waals surface area (Å²) in [4.78, 5) is 11.2. The van der Waals surface area contributed by atoms with Crippen molar-refractivity contribution in [2.75, 3.05) is 7.11 Å². The van der Waals surface area contributed by atoms with E-state index in [4.69, 9.17) is 4.74 Å². The van der Waals surface area contributed by atoms with Gasteiger partial charge in [0.15, 0.2) is 0 Å². The maximum atomic E-state index is 11.2. The summed E-state index contributed by atoms with van der Waals surface area (Å²) >= 11 is 0. The second-order valence-corrected chi connectivity index (χ2v) is 5.10. The van der Waals surface area contributed by atoms with Gasteiger partial charge in [0.1, 0.15) is 0 Å². The van der Waals surface area contributed by atoms with Gasteiger partial charge in [-0.1, -0.05) is 13.8 Å². The van der Waals surface area contributed by atoms with Crippen molar-refractivity contribution in [2.45, 2.75) is 51.2 Å². The minimum atomic E-state index is -1.06. The Morgan fingerprint density at radius 2 is 1.88 bits per heavy atom. The number of carboxylic acid groups (broad SMARTS) is 1. The molecule has 1 unspecified atom stereocenters. The van der Waals surface area contributed by atoms with Crippen molar-refractivity contribution in [2.24, 2.45) is 11.8 Å². The fraction of sp³-hybridized carbons (Fsp3) is 0.917. The maximum Gasteiger partial charge on any atom is 0.309 e. The Kier molecular flexibility index (Phi) is 4.33. The van der Waals surface area contributed by atoms with Crippen molar-refractivity contribution in [3.8, 4) is 0 Å². The van der Waals surface area contributed by atoms with Gasteiger partial charge in [-0.05, 0) is 31.6 Å². The average Bonchev–Trinajstić information content (AvgIpc) is 2.17. The van der Waals surface area contributed by atoms with Crippen molar-refractivity contribution in [3.63, 3.8) is 0 Å². The van der Waals surface area contributed by atoms with Gasteiger partial charge >= 0.3 is 5.97 Å². The minimum Gasteiger partial charge on any atom is -0.481 e. The van der Waals surface area contributed by atoms with Gasteiger partial charge in [-0.15, -0.1) is 0 Å². The third kappa shape index (κ3) is 2.74. The molecular formula is C12H22O4. The first-order chi connectivity index (χ1) is 7.40. The molecule has 0 aromatic rings. The summed E-state index contributed by atoms with van der Waals surface area (Å²) in [5.74, 6) is -1.62. The predicted octanol–water partition coefficient (Wildman–Crippen LogP) is 1.66. The second-order valence-electron chi connectivity index (χ2n) is 5.10. The third-order valence-electron chi connectivity index (χ3n) is 3.64. The number of ether oxygens (including phenoxy) is 1. The molecule has 0 radical (unpaired) electrons. The van der Waals surface area contributed by atoms with Crippen LogP contribution < -0.4 is 0 Å². The van der Waals surface area contributed by atoms with E-state index in [1.807, 2.05) is 13.8 Å². The summed E-state index contributed by atoms with van der Waals surface area (Å²) in [6.45, 7) is 3.69. The second kappa shape index (κ2) is 5.15. The molecule has 16 heavy (non-hydrogen) atoms. The lowest BCUT2D eigenvalue weighted by atomic mass is 9.70. The minimum absolute atomic E-state index is 0.0541. The molecule has 0 aromatic heterocycles. The summed E-state index contributed by atoms with van der Waals surface area (Å²) in [5.41, 5.74) is -1.06. The van der Waals surface area contributed by atoms with Crippen LogP contribution in [0.3, 0.4) is 0 Å². The van der Waals surface area contributed by atoms with Crippen molar-refractivity contribution in [1.29, 1.82) is 0 Å². The van der Waals surface area contributed by atoms with Gasteiger partial charge in [-0.25, -0.2) is 0 Å². The summed E-state index contributed by atoms with van der Waals surface area (Å²) in [6, 6.07) is 0. The zero-order valence-corrected chi connectivity index (χ0v) is 10.3. The zero-order valence-electron chi connectivity index (χ0n) is 10.3. The predicted molar refractivity (Wildman–Crippen MR) is 60.2 cm³/mol. The molecule has 0 aromatic carbocycles. The van der Waals surface area contributed by atoms with E-state index in [2.05, 4.69) is 0 Å². The number of hydrogen-bond acceptors (Lipinski definition) is 3. The molecule has 1 saturated carbocycles. The molecule has 0 amide bonds. The van der Waals surface area contributed by atoms with Crippen LogP contribution in [0.2, 0.25) is 0 Å². The number of carboxylic acids is 1. The molecule has 0 heterocycles. The number of carbonyl (C=O) groups is 1. The summed E-state index contributed by atoms with van der Waals surface area (Å²) in [5, 5.41) is 19.6. The molecule has 1 atom stereocenters. The molecule has 1 aliphatic carbocycles. The van der Waals surface area contributed by atoms with Crippen molar-refractivity contribution >= 4 is 5.97 Å². The molecule has 2 N–H and O–H groups in total. The van der Waals surface area contributed by atoms with E-state index in [1.165, 1.54) is 0 Å². The summed E-state index contributed by atoms with van der Waals surface area (Å²) < 4.78 is 5.23. The van der Waals surface area contributed by atoms with Crippen molar-refractivity contribution in [3.05, 3.63) is 0 Å². The molecule has 4 heteroatoms. The largest absolute Gasteiger partial charge is 0.481 e. The molecule has 94 valence electrons. The Morgan fingerprint density at radius 1 is 1.38 bits per heavy atom. The van der Waals surface area contributed by atoms with Crippen LogP contribution in [0.5, 0.6) is 0 Å². The molecule has 1 fully saturated rings. The molecule has 0 saturated heterocycles. The first-order valence-corrected chi connectivity index (χ1v) is 5.88. The fourth-order valence-electron chi connectivity index (χ4n) is 2.77. The van der Waals surface area contributed by atoms with Crippen LogP contribution in [-0.4, -0.2) is 35.0 Å². The lowest BCUT2D eigenvalue weighted by molar-refractivity contribution is -0.161. The Hall–Kier alpha value is -0.610. The van der Waals surface area contributed by atoms with Crippen molar-refractivity contribution in [1.82, 2.24) is 0 Å². The van der Waals surface area contributed by atoms with Crippen LogP contribution in [-0.2, 0) is 9.53 Å². The maximum absolute atomic E-state index is 11.2. The topological polar surface area (TPSA) is 66.8 Å². The first kappa shape index (κ1) is 13.5. The van der Waals surface area contributed by atoms with E-state index in [9.17, 15) is 15.0 Å². The van der Waals surface area contributed by atoms with Gasteiger partial charge in [0, 0.05) is 7.11 Å². The highest BCUT2D eigenvalue weighted by Crippen LogP contribution is 2.38. The summed E-state index contributed by atoms with van der Waals surface area (Å²) in [7, 11) is 1.66. The molecule has 1 aliphatic rings. The highest BCUT2D eigenvalue weighted by Gasteiger charge is 2.45. The van der Waals surface area contributed by atoms with E-state index in [0.29, 0.717) is 12.8 Å². The quantitative estimate of drug-likeness (QED) is 0.771. The molecule has 0 aliphatic heterocycles. The van der Waals surface area contributed by atoms with E-state index in [1.54, 1.807) is 7.11 Å². The number of aliphatic carboxylic acids is 1. The van der Waals surface area contributed by atoms with Gasteiger partial charge in [0.2, 0.25) is 0 Å². The van der Waals surface area contributed by atoms with Gasteiger partial charge in [-0.2, -0.15) is 0 Å². The highest BCUT2D eigenvalue weighted by molar-refractivity contribution is 5.71. The van der Waals surface area contributed by atoms with E-state index >= 15 is 0 Å². The third-order valence-corrected chi connectivity index (χ3v) is 3.64.